The highest BCUT2D eigenvalue weighted by Gasteiger charge is 2.33. The second kappa shape index (κ2) is 9.40. The van der Waals surface area contributed by atoms with Crippen molar-refractivity contribution in [3.8, 4) is 11.3 Å². The van der Waals surface area contributed by atoms with Crippen molar-refractivity contribution in [3.05, 3.63) is 106 Å². The van der Waals surface area contributed by atoms with Crippen molar-refractivity contribution in [1.82, 2.24) is 15.1 Å². The van der Waals surface area contributed by atoms with Crippen LogP contribution in [0, 0.1) is 10.1 Å². The molecule has 172 valence electrons. The summed E-state index contributed by atoms with van der Waals surface area (Å²) in [5.41, 5.74) is 2.58. The fourth-order valence-electron chi connectivity index (χ4n) is 3.84. The largest absolute Gasteiger partial charge is 0.283 e. The lowest BCUT2D eigenvalue weighted by atomic mass is 10.1. The number of H-pyrrole nitrogens is 1. The van der Waals surface area contributed by atoms with Crippen LogP contribution in [0.4, 0.5) is 11.4 Å². The monoisotopic (exact) mass is 481 g/mol. The lowest BCUT2D eigenvalue weighted by Gasteiger charge is -2.13. The maximum atomic E-state index is 13.3. The van der Waals surface area contributed by atoms with Gasteiger partial charge in [-0.3, -0.25) is 24.9 Å². The zero-order chi connectivity index (χ0) is 24.4. The number of amidine groups is 1. The van der Waals surface area contributed by atoms with Crippen LogP contribution in [0.25, 0.3) is 28.1 Å². The minimum Gasteiger partial charge on any atom is -0.283 e. The molecular formula is C26H19N5O3S. The maximum absolute atomic E-state index is 13.3. The van der Waals surface area contributed by atoms with Gasteiger partial charge in [-0.2, -0.15) is 5.10 Å². The van der Waals surface area contributed by atoms with Crippen molar-refractivity contribution >= 4 is 51.1 Å². The molecular weight excluding hydrogens is 462 g/mol. The first-order valence-corrected chi connectivity index (χ1v) is 11.5. The zero-order valence-corrected chi connectivity index (χ0v) is 19.2. The van der Waals surface area contributed by atoms with Crippen LogP contribution in [0.1, 0.15) is 5.56 Å². The smallest absolute Gasteiger partial charge is 0.270 e. The van der Waals surface area contributed by atoms with Crippen molar-refractivity contribution in [1.29, 1.82) is 0 Å². The van der Waals surface area contributed by atoms with Gasteiger partial charge in [0.2, 0.25) is 0 Å². The summed E-state index contributed by atoms with van der Waals surface area (Å²) >= 11 is 1.27. The molecule has 0 atom stereocenters. The average Bonchev–Trinajstić information content (AvgIpc) is 3.45. The van der Waals surface area contributed by atoms with E-state index < -0.39 is 4.92 Å². The molecule has 1 saturated heterocycles. The topological polar surface area (TPSA) is 104 Å². The number of hydrogen-bond acceptors (Lipinski definition) is 6. The molecule has 1 aliphatic heterocycles. The second-order valence-electron chi connectivity index (χ2n) is 7.72. The molecule has 1 aliphatic rings. The predicted molar refractivity (Wildman–Crippen MR) is 139 cm³/mol. The molecule has 0 radical (unpaired) electrons. The molecule has 1 amide bonds. The lowest BCUT2D eigenvalue weighted by molar-refractivity contribution is -0.384. The van der Waals surface area contributed by atoms with Crippen LogP contribution < -0.4 is 0 Å². The lowest BCUT2D eigenvalue weighted by Crippen LogP contribution is -2.29. The molecule has 0 bridgehead atoms. The van der Waals surface area contributed by atoms with Crippen LogP contribution in [0.5, 0.6) is 0 Å². The molecule has 0 saturated carbocycles. The summed E-state index contributed by atoms with van der Waals surface area (Å²) in [4.78, 5) is 30.9. The van der Waals surface area contributed by atoms with Gasteiger partial charge in [-0.15, -0.1) is 6.58 Å². The molecule has 0 aliphatic carbocycles. The number of amides is 1. The van der Waals surface area contributed by atoms with Crippen LogP contribution in [0.2, 0.25) is 0 Å². The van der Waals surface area contributed by atoms with E-state index in [0.29, 0.717) is 33.4 Å². The molecule has 35 heavy (non-hydrogen) atoms. The predicted octanol–water partition coefficient (Wildman–Crippen LogP) is 5.93. The van der Waals surface area contributed by atoms with Gasteiger partial charge in [0, 0.05) is 35.2 Å². The first kappa shape index (κ1) is 22.3. The van der Waals surface area contributed by atoms with Crippen molar-refractivity contribution in [2.24, 2.45) is 4.99 Å². The normalized spacial score (nSPS) is 15.9. The summed E-state index contributed by atoms with van der Waals surface area (Å²) in [5, 5.41) is 20.8. The number of aliphatic imine (C=N–C) groups is 1. The summed E-state index contributed by atoms with van der Waals surface area (Å²) in [6.07, 6.45) is 4.98. The number of thioether (sulfide) groups is 1. The molecule has 1 aromatic heterocycles. The van der Waals surface area contributed by atoms with Crippen LogP contribution >= 0.6 is 11.8 Å². The Labute approximate surface area is 204 Å². The van der Waals surface area contributed by atoms with E-state index in [1.54, 1.807) is 35.4 Å². The van der Waals surface area contributed by atoms with Crippen LogP contribution in [-0.2, 0) is 4.79 Å². The first-order valence-electron chi connectivity index (χ1n) is 10.7. The summed E-state index contributed by atoms with van der Waals surface area (Å²) in [6, 6.07) is 20.1. The van der Waals surface area contributed by atoms with E-state index in [4.69, 9.17) is 4.99 Å². The number of carbonyl (C=O) groups is 1. The molecule has 1 N–H and O–H groups in total. The van der Waals surface area contributed by atoms with E-state index in [2.05, 4.69) is 16.8 Å². The number of benzene rings is 3. The number of aromatic nitrogens is 2. The Kier molecular flexibility index (Phi) is 5.99. The van der Waals surface area contributed by atoms with E-state index in [1.807, 2.05) is 42.5 Å². The molecule has 0 unspecified atom stereocenters. The number of nitro benzene ring substituents is 1. The van der Waals surface area contributed by atoms with Crippen LogP contribution in [0.15, 0.2) is 95.5 Å². The molecule has 0 spiro atoms. The number of carbonyl (C=O) groups excluding carboxylic acids is 1. The number of hydrogen-bond donors (Lipinski definition) is 1. The summed E-state index contributed by atoms with van der Waals surface area (Å²) in [7, 11) is 0. The molecule has 9 heteroatoms. The Balaban J connectivity index is 1.54. The van der Waals surface area contributed by atoms with Gasteiger partial charge in [-0.05, 0) is 29.3 Å². The highest BCUT2D eigenvalue weighted by molar-refractivity contribution is 8.18. The number of fused-ring (bicyclic) bond motifs is 1. The first-order chi connectivity index (χ1) is 17.0. The van der Waals surface area contributed by atoms with Gasteiger partial charge in [-0.25, -0.2) is 4.99 Å². The molecule has 3 aromatic carbocycles. The molecule has 1 fully saturated rings. The molecule has 8 nitrogen and oxygen atoms in total. The van der Waals surface area contributed by atoms with Crippen molar-refractivity contribution in [2.75, 3.05) is 6.54 Å². The van der Waals surface area contributed by atoms with E-state index >= 15 is 0 Å². The summed E-state index contributed by atoms with van der Waals surface area (Å²) in [6.45, 7) is 4.09. The van der Waals surface area contributed by atoms with Gasteiger partial charge in [0.05, 0.1) is 27.4 Å². The van der Waals surface area contributed by atoms with Gasteiger partial charge in [-0.1, -0.05) is 54.6 Å². The van der Waals surface area contributed by atoms with Gasteiger partial charge in [0.1, 0.15) is 0 Å². The van der Waals surface area contributed by atoms with Gasteiger partial charge < -0.3 is 0 Å². The number of aromatic amines is 1. The van der Waals surface area contributed by atoms with Gasteiger partial charge >= 0.3 is 0 Å². The standard InChI is InChI=1S/C26H19N5O3S/c1-2-13-30-25(32)23(35-26(30)28-22-12-6-8-17-7-3-4-11-21(17)22)15-19-16-27-29-24(19)18-9-5-10-20(14-18)31(33)34/h2-12,14-16H,1,13H2,(H,27,29). The molecule has 5 rings (SSSR count). The Morgan fingerprint density at radius 1 is 1.14 bits per heavy atom. The SMILES string of the molecule is C=CCN1C(=O)C(=Cc2cn[nH]c2-c2cccc([N+](=O)[O-])c2)SC1=Nc1cccc2ccccc12. The van der Waals surface area contributed by atoms with Crippen LogP contribution in [0.3, 0.4) is 0 Å². The third kappa shape index (κ3) is 4.36. The Bertz CT molecular complexity index is 1530. The van der Waals surface area contributed by atoms with Crippen molar-refractivity contribution in [2.45, 2.75) is 0 Å². The number of nitro groups is 1. The third-order valence-electron chi connectivity index (χ3n) is 5.48. The van der Waals surface area contributed by atoms with Crippen LogP contribution in [-0.4, -0.2) is 37.6 Å². The summed E-state index contributed by atoms with van der Waals surface area (Å²) < 4.78 is 0. The van der Waals surface area contributed by atoms with E-state index in [0.717, 1.165) is 16.5 Å². The molecule has 4 aromatic rings. The summed E-state index contributed by atoms with van der Waals surface area (Å²) in [5.74, 6) is -0.194. The van der Waals surface area contributed by atoms with Crippen molar-refractivity contribution in [3.63, 3.8) is 0 Å². The maximum Gasteiger partial charge on any atom is 0.270 e. The number of nitrogens with zero attached hydrogens (tertiary/aromatic N) is 4. The fraction of sp³-hybridized carbons (Fsp3) is 0.0385. The Hall–Kier alpha value is -4.50. The van der Waals surface area contributed by atoms with Gasteiger partial charge in [0.25, 0.3) is 11.6 Å². The quantitative estimate of drug-likeness (QED) is 0.159. The highest BCUT2D eigenvalue weighted by Crippen LogP contribution is 2.37. The van der Waals surface area contributed by atoms with E-state index in [-0.39, 0.29) is 11.6 Å². The number of non-ortho nitro benzene ring substituents is 1. The highest BCUT2D eigenvalue weighted by atomic mass is 32.2. The minimum absolute atomic E-state index is 0.0244. The number of nitrogens with one attached hydrogen (secondary N) is 1. The van der Waals surface area contributed by atoms with Crippen molar-refractivity contribution < 1.29 is 9.72 Å². The van der Waals surface area contributed by atoms with E-state index in [9.17, 15) is 14.9 Å². The van der Waals surface area contributed by atoms with E-state index in [1.165, 1.54) is 23.9 Å². The molecule has 2 heterocycles. The second-order valence-corrected chi connectivity index (χ2v) is 8.72. The number of rotatable bonds is 6. The fourth-order valence-corrected chi connectivity index (χ4v) is 4.83. The minimum atomic E-state index is -0.447. The Morgan fingerprint density at radius 2 is 1.94 bits per heavy atom. The average molecular weight is 482 g/mol. The Morgan fingerprint density at radius 3 is 2.77 bits per heavy atom. The zero-order valence-electron chi connectivity index (χ0n) is 18.4. The van der Waals surface area contributed by atoms with Gasteiger partial charge in [0.15, 0.2) is 5.17 Å². The third-order valence-corrected chi connectivity index (χ3v) is 6.49.